The average Bonchev–Trinajstić information content (AvgIpc) is 2.37. The van der Waals surface area contributed by atoms with Crippen LogP contribution in [-0.4, -0.2) is 18.3 Å². The van der Waals surface area contributed by atoms with Gasteiger partial charge >= 0.3 is 0 Å². The summed E-state index contributed by atoms with van der Waals surface area (Å²) in [5.41, 5.74) is 1.03. The third-order valence-electron chi connectivity index (χ3n) is 2.49. The fourth-order valence-corrected chi connectivity index (χ4v) is 1.44. The molecule has 1 aromatic carbocycles. The predicted molar refractivity (Wildman–Crippen MR) is 74.0 cm³/mol. The quantitative estimate of drug-likeness (QED) is 0.821. The van der Waals surface area contributed by atoms with Gasteiger partial charge in [0.2, 0.25) is 5.91 Å². The van der Waals surface area contributed by atoms with Gasteiger partial charge in [0.25, 0.3) is 0 Å². The van der Waals surface area contributed by atoms with Crippen molar-refractivity contribution in [1.29, 1.82) is 5.26 Å². The summed E-state index contributed by atoms with van der Waals surface area (Å²) >= 11 is 4.25. The van der Waals surface area contributed by atoms with E-state index in [0.29, 0.717) is 17.0 Å². The van der Waals surface area contributed by atoms with Gasteiger partial charge in [0.05, 0.1) is 29.7 Å². The zero-order valence-electron chi connectivity index (χ0n) is 10.6. The number of carbonyl (C=O) groups excluding carboxylic acids is 1. The zero-order valence-corrected chi connectivity index (χ0v) is 11.5. The fourth-order valence-electron chi connectivity index (χ4n) is 1.37. The second-order valence-corrected chi connectivity index (χ2v) is 4.76. The number of nitriles is 1. The summed E-state index contributed by atoms with van der Waals surface area (Å²) in [5.74, 6) is 0.417. The summed E-state index contributed by atoms with van der Waals surface area (Å²) in [4.78, 5) is 11.9. The van der Waals surface area contributed by atoms with Crippen LogP contribution in [0.4, 0.5) is 5.69 Å². The normalized spacial score (nSPS) is 11.8. The molecule has 1 aromatic rings. The minimum atomic E-state index is -0.384. The van der Waals surface area contributed by atoms with Crippen LogP contribution in [0.3, 0.4) is 0 Å². The number of hydrogen-bond acceptors (Lipinski definition) is 4. The van der Waals surface area contributed by atoms with Crippen molar-refractivity contribution >= 4 is 24.2 Å². The van der Waals surface area contributed by atoms with Gasteiger partial charge in [-0.1, -0.05) is 13.8 Å². The molecule has 18 heavy (non-hydrogen) atoms. The summed E-state index contributed by atoms with van der Waals surface area (Å²) < 4.78 is 5.14. The van der Waals surface area contributed by atoms with Crippen molar-refractivity contribution in [2.24, 2.45) is 5.92 Å². The molecular formula is C13H16N2O2S. The molecule has 0 saturated heterocycles. The Bertz CT molecular complexity index is 480. The van der Waals surface area contributed by atoms with Crippen LogP contribution in [0.5, 0.6) is 5.75 Å². The fraction of sp³-hybridized carbons (Fsp3) is 0.385. The molecule has 0 heterocycles. The van der Waals surface area contributed by atoms with E-state index in [0.717, 1.165) is 0 Å². The molecule has 0 bridgehead atoms. The minimum absolute atomic E-state index is 0.137. The summed E-state index contributed by atoms with van der Waals surface area (Å²) in [7, 11) is 1.49. The molecule has 0 aliphatic rings. The summed E-state index contributed by atoms with van der Waals surface area (Å²) in [5, 5.41) is 11.1. The van der Waals surface area contributed by atoms with Crippen molar-refractivity contribution in [2.45, 2.75) is 19.1 Å². The van der Waals surface area contributed by atoms with E-state index >= 15 is 0 Å². The topological polar surface area (TPSA) is 62.1 Å². The van der Waals surface area contributed by atoms with E-state index in [2.05, 4.69) is 17.9 Å². The lowest BCUT2D eigenvalue weighted by molar-refractivity contribution is -0.116. The predicted octanol–water partition coefficient (Wildman–Crippen LogP) is 2.46. The zero-order chi connectivity index (χ0) is 13.7. The lowest BCUT2D eigenvalue weighted by Gasteiger charge is -2.16. The Labute approximate surface area is 112 Å². The van der Waals surface area contributed by atoms with Gasteiger partial charge in [-0.3, -0.25) is 4.79 Å². The molecule has 0 aliphatic carbocycles. The lowest BCUT2D eigenvalue weighted by Crippen LogP contribution is -2.27. The van der Waals surface area contributed by atoms with Gasteiger partial charge in [-0.25, -0.2) is 0 Å². The van der Waals surface area contributed by atoms with Crippen LogP contribution >= 0.6 is 12.6 Å². The number of ether oxygens (including phenoxy) is 1. The van der Waals surface area contributed by atoms with E-state index < -0.39 is 0 Å². The molecule has 0 spiro atoms. The second kappa shape index (κ2) is 6.31. The first-order chi connectivity index (χ1) is 8.49. The van der Waals surface area contributed by atoms with Crippen LogP contribution in [0.1, 0.15) is 19.4 Å². The molecule has 0 saturated carbocycles. The van der Waals surface area contributed by atoms with Crippen LogP contribution in [-0.2, 0) is 4.79 Å². The number of carbonyl (C=O) groups is 1. The van der Waals surface area contributed by atoms with Gasteiger partial charge < -0.3 is 10.1 Å². The van der Waals surface area contributed by atoms with Crippen LogP contribution in [0.25, 0.3) is 0 Å². The number of rotatable bonds is 4. The van der Waals surface area contributed by atoms with Crippen molar-refractivity contribution in [3.8, 4) is 11.8 Å². The summed E-state index contributed by atoms with van der Waals surface area (Å²) in [6.07, 6.45) is 0. The standard InChI is InChI=1S/C13H16N2O2S/c1-8(2)12(18)13(16)15-10-5-4-9(7-14)6-11(10)17-3/h4-6,8,12,18H,1-3H3,(H,15,16). The smallest absolute Gasteiger partial charge is 0.237 e. The molecule has 0 radical (unpaired) electrons. The van der Waals surface area contributed by atoms with Crippen molar-refractivity contribution in [3.05, 3.63) is 23.8 Å². The van der Waals surface area contributed by atoms with Gasteiger partial charge in [0.1, 0.15) is 5.75 Å². The average molecular weight is 264 g/mol. The van der Waals surface area contributed by atoms with Gasteiger partial charge in [0, 0.05) is 6.07 Å². The monoisotopic (exact) mass is 264 g/mol. The van der Waals surface area contributed by atoms with E-state index in [9.17, 15) is 4.79 Å². The van der Waals surface area contributed by atoms with Crippen LogP contribution in [0, 0.1) is 17.2 Å². The van der Waals surface area contributed by atoms with Crippen molar-refractivity contribution in [3.63, 3.8) is 0 Å². The first-order valence-electron chi connectivity index (χ1n) is 5.56. The Kier molecular flexibility index (Phi) is 5.05. The SMILES string of the molecule is COc1cc(C#N)ccc1NC(=O)C(S)C(C)C. The number of amides is 1. The maximum absolute atomic E-state index is 11.9. The number of benzene rings is 1. The minimum Gasteiger partial charge on any atom is -0.495 e. The Morgan fingerprint density at radius 3 is 2.67 bits per heavy atom. The second-order valence-electron chi connectivity index (χ2n) is 4.20. The van der Waals surface area contributed by atoms with Crippen LogP contribution in [0.15, 0.2) is 18.2 Å². The molecule has 1 N–H and O–H groups in total. The van der Waals surface area contributed by atoms with Crippen LogP contribution < -0.4 is 10.1 Å². The Hall–Kier alpha value is -1.67. The third-order valence-corrected chi connectivity index (χ3v) is 3.32. The Morgan fingerprint density at radius 2 is 2.17 bits per heavy atom. The molecule has 0 aromatic heterocycles. The number of methoxy groups -OCH3 is 1. The molecule has 1 amide bonds. The molecule has 4 nitrogen and oxygen atoms in total. The molecule has 96 valence electrons. The third kappa shape index (κ3) is 3.41. The van der Waals surface area contributed by atoms with Crippen molar-refractivity contribution in [2.75, 3.05) is 12.4 Å². The van der Waals surface area contributed by atoms with E-state index in [1.54, 1.807) is 18.2 Å². The van der Waals surface area contributed by atoms with Crippen LogP contribution in [0.2, 0.25) is 0 Å². The van der Waals surface area contributed by atoms with E-state index in [1.165, 1.54) is 7.11 Å². The highest BCUT2D eigenvalue weighted by Crippen LogP contribution is 2.26. The number of nitrogens with zero attached hydrogens (tertiary/aromatic N) is 1. The molecule has 0 fully saturated rings. The number of hydrogen-bond donors (Lipinski definition) is 2. The highest BCUT2D eigenvalue weighted by molar-refractivity contribution is 7.81. The van der Waals surface area contributed by atoms with Gasteiger partial charge in [-0.15, -0.1) is 0 Å². The Balaban J connectivity index is 2.91. The highest BCUT2D eigenvalue weighted by Gasteiger charge is 2.19. The summed E-state index contributed by atoms with van der Waals surface area (Å²) in [6, 6.07) is 6.87. The Morgan fingerprint density at radius 1 is 1.50 bits per heavy atom. The maximum atomic E-state index is 11.9. The molecule has 1 atom stereocenters. The van der Waals surface area contributed by atoms with Gasteiger partial charge in [-0.05, 0) is 18.1 Å². The largest absolute Gasteiger partial charge is 0.495 e. The first kappa shape index (κ1) is 14.4. The van der Waals surface area contributed by atoms with E-state index in [4.69, 9.17) is 10.00 Å². The lowest BCUT2D eigenvalue weighted by atomic mass is 10.1. The number of nitrogens with one attached hydrogen (secondary N) is 1. The number of anilines is 1. The molecule has 0 aliphatic heterocycles. The maximum Gasteiger partial charge on any atom is 0.237 e. The molecular weight excluding hydrogens is 248 g/mol. The molecule has 5 heteroatoms. The van der Waals surface area contributed by atoms with Gasteiger partial charge in [-0.2, -0.15) is 17.9 Å². The van der Waals surface area contributed by atoms with Gasteiger partial charge in [0.15, 0.2) is 0 Å². The highest BCUT2D eigenvalue weighted by atomic mass is 32.1. The number of thiol groups is 1. The molecule has 1 rings (SSSR count). The van der Waals surface area contributed by atoms with Crippen molar-refractivity contribution < 1.29 is 9.53 Å². The summed E-state index contributed by atoms with van der Waals surface area (Å²) in [6.45, 7) is 3.85. The molecule has 1 unspecified atom stereocenters. The van der Waals surface area contributed by atoms with E-state index in [1.807, 2.05) is 19.9 Å². The van der Waals surface area contributed by atoms with Crippen molar-refractivity contribution in [1.82, 2.24) is 0 Å². The van der Waals surface area contributed by atoms with E-state index in [-0.39, 0.29) is 17.1 Å². The first-order valence-corrected chi connectivity index (χ1v) is 6.08.